The average Bonchev–Trinajstić information content (AvgIpc) is 3.40. The smallest absolute Gasteiger partial charge is 0.228 e. The molecule has 0 N–H and O–H groups in total. The number of hydrogen-bond acceptors (Lipinski definition) is 6. The first-order valence-electron chi connectivity index (χ1n) is 12.5. The third-order valence-electron chi connectivity index (χ3n) is 6.87. The van der Waals surface area contributed by atoms with Crippen molar-refractivity contribution in [2.24, 2.45) is 5.16 Å². The largest absolute Gasteiger partial charge is 0.438 e. The molecule has 3 heterocycles. The van der Waals surface area contributed by atoms with Crippen LogP contribution in [-0.2, 0) is 11.4 Å². The minimum Gasteiger partial charge on any atom is -0.438 e. The van der Waals surface area contributed by atoms with Crippen molar-refractivity contribution in [3.63, 3.8) is 0 Å². The predicted molar refractivity (Wildman–Crippen MR) is 146 cm³/mol. The molecular formula is C31H23N5O2. The standard InChI is InChI=1S/C31H23N5O2/c1-20(21-10-4-2-5-11-21)35-37-18-26-33-30-29-27(23-13-6-3-7-14-23)28-24-15-9-8-12-22(24)16-17-25(28)38-31(29)32-19-36(30)34-26/h2-17,19,27H,18H2,1H3/b35-20+. The molecule has 0 aliphatic carbocycles. The molecule has 0 saturated heterocycles. The Kier molecular flexibility index (Phi) is 5.32. The number of oxime groups is 1. The topological polar surface area (TPSA) is 73.9 Å². The molecule has 0 amide bonds. The summed E-state index contributed by atoms with van der Waals surface area (Å²) in [5.41, 5.74) is 5.58. The van der Waals surface area contributed by atoms with E-state index in [-0.39, 0.29) is 12.5 Å². The SMILES string of the molecule is C/C(=N\OCc1nc2c3c(ncn2n1)Oc1ccc2ccccc2c1C3c1ccccc1)c1ccccc1. The van der Waals surface area contributed by atoms with Crippen LogP contribution in [0.1, 0.15) is 40.9 Å². The average molecular weight is 498 g/mol. The normalized spacial score (nSPS) is 14.7. The Balaban J connectivity index is 1.33. The highest BCUT2D eigenvalue weighted by atomic mass is 16.6. The second kappa shape index (κ2) is 9.12. The monoisotopic (exact) mass is 497 g/mol. The summed E-state index contributed by atoms with van der Waals surface area (Å²) in [5, 5.41) is 11.2. The zero-order valence-corrected chi connectivity index (χ0v) is 20.7. The van der Waals surface area contributed by atoms with Crippen molar-refractivity contribution in [1.29, 1.82) is 0 Å². The summed E-state index contributed by atoms with van der Waals surface area (Å²) in [6, 6.07) is 32.8. The van der Waals surface area contributed by atoms with E-state index in [0.29, 0.717) is 17.4 Å². The van der Waals surface area contributed by atoms with Gasteiger partial charge in [-0.15, -0.1) is 5.10 Å². The lowest BCUT2D eigenvalue weighted by molar-refractivity contribution is 0.125. The van der Waals surface area contributed by atoms with Gasteiger partial charge < -0.3 is 9.57 Å². The van der Waals surface area contributed by atoms with E-state index in [1.807, 2.05) is 49.4 Å². The Labute approximate surface area is 219 Å². The van der Waals surface area contributed by atoms with Crippen LogP contribution in [0.15, 0.2) is 109 Å². The van der Waals surface area contributed by atoms with Crippen molar-refractivity contribution in [1.82, 2.24) is 19.6 Å². The minimum absolute atomic E-state index is 0.131. The van der Waals surface area contributed by atoms with Crippen LogP contribution in [0.2, 0.25) is 0 Å². The number of fused-ring (bicyclic) bond motifs is 6. The Bertz CT molecular complexity index is 1810. The lowest BCUT2D eigenvalue weighted by Crippen LogP contribution is -2.15. The number of ether oxygens (including phenoxy) is 1. The highest BCUT2D eigenvalue weighted by Gasteiger charge is 2.34. The van der Waals surface area contributed by atoms with Gasteiger partial charge in [0.25, 0.3) is 0 Å². The van der Waals surface area contributed by atoms with Crippen molar-refractivity contribution < 1.29 is 9.57 Å². The summed E-state index contributed by atoms with van der Waals surface area (Å²) >= 11 is 0. The molecule has 1 aliphatic heterocycles. The van der Waals surface area contributed by atoms with Gasteiger partial charge in [-0.25, -0.2) is 14.5 Å². The van der Waals surface area contributed by atoms with E-state index in [9.17, 15) is 0 Å². The fourth-order valence-electron chi connectivity index (χ4n) is 5.11. The molecule has 38 heavy (non-hydrogen) atoms. The molecule has 0 spiro atoms. The van der Waals surface area contributed by atoms with Gasteiger partial charge in [-0.2, -0.15) is 0 Å². The molecule has 7 heteroatoms. The van der Waals surface area contributed by atoms with Gasteiger partial charge in [0.2, 0.25) is 5.88 Å². The molecule has 4 aromatic carbocycles. The van der Waals surface area contributed by atoms with Crippen LogP contribution in [-0.4, -0.2) is 25.3 Å². The van der Waals surface area contributed by atoms with Crippen molar-refractivity contribution in [3.8, 4) is 11.6 Å². The summed E-state index contributed by atoms with van der Waals surface area (Å²) in [7, 11) is 0. The lowest BCUT2D eigenvalue weighted by Gasteiger charge is -2.29. The molecule has 1 aliphatic rings. The van der Waals surface area contributed by atoms with Crippen molar-refractivity contribution in [2.75, 3.05) is 0 Å². The molecular weight excluding hydrogens is 474 g/mol. The van der Waals surface area contributed by atoms with Gasteiger partial charge in [0.15, 0.2) is 18.1 Å². The van der Waals surface area contributed by atoms with E-state index in [4.69, 9.17) is 14.6 Å². The molecule has 184 valence electrons. The van der Waals surface area contributed by atoms with Crippen LogP contribution in [0.25, 0.3) is 16.4 Å². The van der Waals surface area contributed by atoms with E-state index >= 15 is 0 Å². The molecule has 7 nitrogen and oxygen atoms in total. The fourth-order valence-corrected chi connectivity index (χ4v) is 5.11. The molecule has 7 rings (SSSR count). The van der Waals surface area contributed by atoms with Crippen LogP contribution in [0.3, 0.4) is 0 Å². The second-order valence-electron chi connectivity index (χ2n) is 9.22. The summed E-state index contributed by atoms with van der Waals surface area (Å²) in [6.45, 7) is 2.05. The van der Waals surface area contributed by atoms with Gasteiger partial charge in [-0.1, -0.05) is 96.2 Å². The molecule has 0 radical (unpaired) electrons. The second-order valence-corrected chi connectivity index (χ2v) is 9.22. The Morgan fingerprint density at radius 2 is 1.66 bits per heavy atom. The van der Waals surface area contributed by atoms with Crippen LogP contribution in [0, 0.1) is 0 Å². The number of rotatable bonds is 5. The summed E-state index contributed by atoms with van der Waals surface area (Å²) in [5.74, 6) is 1.72. The first-order chi connectivity index (χ1) is 18.8. The first-order valence-corrected chi connectivity index (χ1v) is 12.5. The zero-order chi connectivity index (χ0) is 25.5. The molecule has 2 aromatic heterocycles. The van der Waals surface area contributed by atoms with Gasteiger partial charge in [-0.05, 0) is 34.9 Å². The molecule has 0 bridgehead atoms. The van der Waals surface area contributed by atoms with Gasteiger partial charge in [0.05, 0.1) is 11.3 Å². The maximum absolute atomic E-state index is 6.37. The number of nitrogens with zero attached hydrogens (tertiary/aromatic N) is 5. The van der Waals surface area contributed by atoms with Crippen LogP contribution in [0.5, 0.6) is 11.6 Å². The molecule has 0 fully saturated rings. The highest BCUT2D eigenvalue weighted by molar-refractivity contribution is 5.98. The highest BCUT2D eigenvalue weighted by Crippen LogP contribution is 2.50. The Morgan fingerprint density at radius 3 is 2.50 bits per heavy atom. The maximum Gasteiger partial charge on any atom is 0.228 e. The maximum atomic E-state index is 6.37. The van der Waals surface area contributed by atoms with E-state index in [2.05, 4.69) is 69.8 Å². The third kappa shape index (κ3) is 3.76. The van der Waals surface area contributed by atoms with E-state index in [1.54, 1.807) is 10.8 Å². The summed E-state index contributed by atoms with van der Waals surface area (Å²) in [4.78, 5) is 15.1. The molecule has 6 aromatic rings. The number of hydrogen-bond donors (Lipinski definition) is 0. The first kappa shape index (κ1) is 22.2. The summed E-state index contributed by atoms with van der Waals surface area (Å²) < 4.78 is 8.07. The third-order valence-corrected chi connectivity index (χ3v) is 6.87. The fraction of sp³-hybridized carbons (Fsp3) is 0.0968. The van der Waals surface area contributed by atoms with Crippen LogP contribution >= 0.6 is 0 Å². The van der Waals surface area contributed by atoms with Gasteiger partial charge in [0, 0.05) is 11.5 Å². The number of aromatic nitrogens is 4. The Morgan fingerprint density at radius 1 is 0.895 bits per heavy atom. The van der Waals surface area contributed by atoms with Crippen molar-refractivity contribution in [2.45, 2.75) is 19.4 Å². The van der Waals surface area contributed by atoms with E-state index in [0.717, 1.165) is 44.5 Å². The van der Waals surface area contributed by atoms with Gasteiger partial charge >= 0.3 is 0 Å². The van der Waals surface area contributed by atoms with Crippen molar-refractivity contribution in [3.05, 3.63) is 131 Å². The minimum atomic E-state index is -0.131. The predicted octanol–water partition coefficient (Wildman–Crippen LogP) is 6.50. The van der Waals surface area contributed by atoms with Gasteiger partial charge in [0.1, 0.15) is 12.1 Å². The lowest BCUT2D eigenvalue weighted by atomic mass is 9.81. The quantitative estimate of drug-likeness (QED) is 0.200. The molecule has 1 atom stereocenters. The van der Waals surface area contributed by atoms with E-state index in [1.165, 1.54) is 0 Å². The Hall–Kier alpha value is -5.04. The zero-order valence-electron chi connectivity index (χ0n) is 20.7. The van der Waals surface area contributed by atoms with Crippen molar-refractivity contribution >= 4 is 22.1 Å². The summed E-state index contributed by atoms with van der Waals surface area (Å²) in [6.07, 6.45) is 1.64. The van der Waals surface area contributed by atoms with Gasteiger partial charge in [-0.3, -0.25) is 0 Å². The van der Waals surface area contributed by atoms with Crippen LogP contribution in [0.4, 0.5) is 0 Å². The van der Waals surface area contributed by atoms with E-state index < -0.39 is 0 Å². The van der Waals surface area contributed by atoms with Crippen LogP contribution < -0.4 is 4.74 Å². The molecule has 1 unspecified atom stereocenters. The molecule has 0 saturated carbocycles. The number of benzene rings is 4.